The maximum Gasteiger partial charge on any atom is 0.252 e. The summed E-state index contributed by atoms with van der Waals surface area (Å²) in [4.78, 5) is 75.4. The molecular weight excluding hydrogens is 881 g/mol. The van der Waals surface area contributed by atoms with Crippen LogP contribution in [0.15, 0.2) is 36.4 Å². The van der Waals surface area contributed by atoms with Crippen molar-refractivity contribution >= 4 is 45.2 Å². The number of amides is 4. The zero-order valence-electron chi connectivity index (χ0n) is 44.2. The van der Waals surface area contributed by atoms with E-state index in [1.165, 1.54) is 128 Å². The van der Waals surface area contributed by atoms with Crippen molar-refractivity contribution in [2.75, 3.05) is 0 Å². The first-order valence-electron chi connectivity index (χ1n) is 28.2. The maximum absolute atomic E-state index is 12.9. The van der Waals surface area contributed by atoms with Gasteiger partial charge in [0.25, 0.3) is 23.6 Å². The lowest BCUT2D eigenvalue weighted by Gasteiger charge is -2.16. The third-order valence-corrected chi connectivity index (χ3v) is 13.0. The molecule has 0 aliphatic rings. The molecular formula is C58H94N4O8. The first-order chi connectivity index (χ1) is 34.3. The van der Waals surface area contributed by atoms with Gasteiger partial charge in [0.15, 0.2) is 0 Å². The third-order valence-electron chi connectivity index (χ3n) is 13.0. The van der Waals surface area contributed by atoms with Gasteiger partial charge in [0.2, 0.25) is 23.0 Å². The summed E-state index contributed by atoms with van der Waals surface area (Å²) in [6.45, 7) is 8.86. The van der Waals surface area contributed by atoms with Gasteiger partial charge < -0.3 is 19.4 Å². The van der Waals surface area contributed by atoms with Gasteiger partial charge in [-0.25, -0.2) is 0 Å². The van der Waals surface area contributed by atoms with Crippen LogP contribution in [-0.4, -0.2) is 23.6 Å². The van der Waals surface area contributed by atoms with E-state index < -0.39 is 0 Å². The van der Waals surface area contributed by atoms with E-state index in [-0.39, 0.29) is 46.6 Å². The highest BCUT2D eigenvalue weighted by molar-refractivity contribution is 6.01. The second kappa shape index (κ2) is 38.9. The Morgan fingerprint density at radius 3 is 0.629 bits per heavy atom. The molecule has 0 bridgehead atoms. The van der Waals surface area contributed by atoms with E-state index in [0.29, 0.717) is 25.7 Å². The van der Waals surface area contributed by atoms with Crippen molar-refractivity contribution < 1.29 is 38.5 Å². The molecule has 0 aliphatic heterocycles. The molecule has 12 heteroatoms. The Morgan fingerprint density at radius 1 is 0.271 bits per heavy atom. The fraction of sp³-hybridized carbons (Fsp3) is 0.690. The first kappa shape index (κ1) is 59.6. The molecule has 0 aliphatic carbocycles. The fourth-order valence-electron chi connectivity index (χ4n) is 8.67. The SMILES string of the molecule is CCCCCCCCCCC(=O)NOc1cc2cc3cc(ONC(=O)CCCCCCCCCC)c(ONC(=O)CCCCCCCCCC)cc3cc2cc1ONC(=O)CCCCCCCCCC. The maximum atomic E-state index is 12.9. The predicted octanol–water partition coefficient (Wildman–Crippen LogP) is 15.8. The van der Waals surface area contributed by atoms with Gasteiger partial charge >= 0.3 is 0 Å². The van der Waals surface area contributed by atoms with Crippen LogP contribution in [0.2, 0.25) is 0 Å². The zero-order chi connectivity index (χ0) is 50.3. The Hall–Kier alpha value is -4.74. The summed E-state index contributed by atoms with van der Waals surface area (Å²) >= 11 is 0. The van der Waals surface area contributed by atoms with Crippen LogP contribution in [0.5, 0.6) is 23.0 Å². The van der Waals surface area contributed by atoms with Crippen LogP contribution >= 0.6 is 0 Å². The summed E-state index contributed by atoms with van der Waals surface area (Å²) in [5, 5.41) is 3.03. The monoisotopic (exact) mass is 975 g/mol. The number of unbranched alkanes of at least 4 members (excludes halogenated alkanes) is 28. The summed E-state index contributed by atoms with van der Waals surface area (Å²) in [6.07, 6.45) is 37.4. The topological polar surface area (TPSA) is 153 Å². The van der Waals surface area contributed by atoms with Crippen molar-refractivity contribution in [2.24, 2.45) is 0 Å². The molecule has 0 heterocycles. The Balaban J connectivity index is 1.78. The highest BCUT2D eigenvalue weighted by Gasteiger charge is 2.17. The normalized spacial score (nSPS) is 11.1. The lowest BCUT2D eigenvalue weighted by atomic mass is 10.0. The van der Waals surface area contributed by atoms with Gasteiger partial charge in [-0.1, -0.05) is 207 Å². The number of hydroxylamine groups is 4. The molecule has 0 saturated carbocycles. The highest BCUT2D eigenvalue weighted by Crippen LogP contribution is 2.38. The number of hydrogen-bond acceptors (Lipinski definition) is 8. The molecule has 3 rings (SSSR count). The summed E-state index contributed by atoms with van der Waals surface area (Å²) in [6, 6.07) is 10.9. The molecule has 0 atom stereocenters. The van der Waals surface area contributed by atoms with Crippen LogP contribution in [0.3, 0.4) is 0 Å². The molecule has 4 amide bonds. The minimum absolute atomic E-state index is 0.229. The molecule has 0 fully saturated rings. The van der Waals surface area contributed by atoms with Crippen LogP contribution in [0.25, 0.3) is 21.5 Å². The van der Waals surface area contributed by atoms with Crippen LogP contribution in [0.1, 0.15) is 259 Å². The molecule has 3 aromatic carbocycles. The Kier molecular flexibility index (Phi) is 33.1. The average Bonchev–Trinajstić information content (AvgIpc) is 3.36. The van der Waals surface area contributed by atoms with E-state index in [2.05, 4.69) is 49.6 Å². The fourth-order valence-corrected chi connectivity index (χ4v) is 8.67. The van der Waals surface area contributed by atoms with Crippen molar-refractivity contribution in [3.05, 3.63) is 36.4 Å². The van der Waals surface area contributed by atoms with Crippen LogP contribution in [-0.2, 0) is 19.2 Å². The number of hydrogen-bond donors (Lipinski definition) is 4. The minimum Gasteiger partial charge on any atom is -0.375 e. The standard InChI is InChI=1S/C58H94N4O8/c1-5-9-13-17-21-25-29-33-37-55(63)59-67-51-43-47-41-49-45-53(69-61-57(65)39-35-31-27-23-19-15-11-7-3)54(70-62-58(66)40-36-32-28-24-20-16-12-8-4)46-50(49)42-48(47)44-52(51)68-60-56(64)38-34-30-26-22-18-14-10-6-2/h41-46H,5-40H2,1-4H3,(H,59,63)(H,60,64)(H,61,65)(H,62,66). The van der Waals surface area contributed by atoms with Gasteiger partial charge in [0.05, 0.1) is 0 Å². The minimum atomic E-state index is -0.238. The summed E-state index contributed by atoms with van der Waals surface area (Å²) in [5.41, 5.74) is 10.4. The highest BCUT2D eigenvalue weighted by atomic mass is 16.7. The molecule has 394 valence electrons. The number of fused-ring (bicyclic) bond motifs is 2. The Morgan fingerprint density at radius 2 is 0.443 bits per heavy atom. The summed E-state index contributed by atoms with van der Waals surface area (Å²) in [7, 11) is 0. The van der Waals surface area contributed by atoms with Gasteiger partial charge in [-0.05, 0) is 83.6 Å². The molecule has 0 unspecified atom stereocenters. The zero-order valence-corrected chi connectivity index (χ0v) is 44.2. The van der Waals surface area contributed by atoms with E-state index in [9.17, 15) is 19.2 Å². The second-order valence-electron chi connectivity index (χ2n) is 19.6. The van der Waals surface area contributed by atoms with Crippen LogP contribution in [0.4, 0.5) is 0 Å². The van der Waals surface area contributed by atoms with E-state index in [1.807, 2.05) is 12.1 Å². The number of carbonyl (C=O) groups excluding carboxylic acids is 4. The van der Waals surface area contributed by atoms with Crippen molar-refractivity contribution in [3.8, 4) is 23.0 Å². The van der Waals surface area contributed by atoms with Gasteiger partial charge in [-0.2, -0.15) is 21.9 Å². The lowest BCUT2D eigenvalue weighted by molar-refractivity contribution is -0.129. The van der Waals surface area contributed by atoms with Crippen molar-refractivity contribution in [1.82, 2.24) is 21.9 Å². The quantitative estimate of drug-likeness (QED) is 0.0248. The Bertz CT molecular complexity index is 1640. The van der Waals surface area contributed by atoms with Crippen molar-refractivity contribution in [2.45, 2.75) is 259 Å². The van der Waals surface area contributed by atoms with Crippen LogP contribution in [0, 0.1) is 0 Å². The van der Waals surface area contributed by atoms with Crippen LogP contribution < -0.4 is 41.3 Å². The molecule has 0 spiro atoms. The predicted molar refractivity (Wildman–Crippen MR) is 285 cm³/mol. The molecule has 70 heavy (non-hydrogen) atoms. The second-order valence-corrected chi connectivity index (χ2v) is 19.6. The van der Waals surface area contributed by atoms with E-state index in [1.54, 1.807) is 24.3 Å². The number of rotatable bonds is 44. The van der Waals surface area contributed by atoms with Crippen molar-refractivity contribution in [1.29, 1.82) is 0 Å². The van der Waals surface area contributed by atoms with E-state index in [4.69, 9.17) is 19.4 Å². The smallest absolute Gasteiger partial charge is 0.252 e. The average molecular weight is 975 g/mol. The molecule has 0 saturated heterocycles. The molecule has 0 aromatic heterocycles. The number of nitrogens with one attached hydrogen (secondary N) is 4. The van der Waals surface area contributed by atoms with E-state index >= 15 is 0 Å². The van der Waals surface area contributed by atoms with Gasteiger partial charge in [-0.3, -0.25) is 19.2 Å². The van der Waals surface area contributed by atoms with E-state index in [0.717, 1.165) is 98.6 Å². The molecule has 4 N–H and O–H groups in total. The van der Waals surface area contributed by atoms with Gasteiger partial charge in [0, 0.05) is 25.7 Å². The third kappa shape index (κ3) is 27.0. The lowest BCUT2D eigenvalue weighted by Crippen LogP contribution is -2.29. The molecule has 12 nitrogen and oxygen atoms in total. The number of carbonyl (C=O) groups is 4. The summed E-state index contributed by atoms with van der Waals surface area (Å²) in [5.74, 6) is -0.0359. The van der Waals surface area contributed by atoms with Crippen molar-refractivity contribution in [3.63, 3.8) is 0 Å². The largest absolute Gasteiger partial charge is 0.375 e. The Labute approximate surface area is 422 Å². The van der Waals surface area contributed by atoms with Gasteiger partial charge in [0.1, 0.15) is 0 Å². The van der Waals surface area contributed by atoms with Gasteiger partial charge in [-0.15, -0.1) is 0 Å². The first-order valence-corrected chi connectivity index (χ1v) is 28.2. The number of benzene rings is 3. The molecule has 3 aromatic rings. The summed E-state index contributed by atoms with van der Waals surface area (Å²) < 4.78 is 0. The molecule has 0 radical (unpaired) electrons.